The van der Waals surface area contributed by atoms with Crippen LogP contribution in [0.25, 0.3) is 0 Å². The molecule has 0 saturated carbocycles. The van der Waals surface area contributed by atoms with Gasteiger partial charge >= 0.3 is 6.61 Å². The van der Waals surface area contributed by atoms with Gasteiger partial charge in [-0.15, -0.1) is 0 Å². The van der Waals surface area contributed by atoms with Gasteiger partial charge in [-0.1, -0.05) is 30.3 Å². The molecular formula is C15H10F2NO6-. The molecule has 7 nitrogen and oxygen atoms in total. The van der Waals surface area contributed by atoms with E-state index in [4.69, 9.17) is 0 Å². The number of non-ortho nitro benzene ring substituents is 1. The van der Waals surface area contributed by atoms with E-state index in [0.717, 1.165) is 18.2 Å². The number of carboxylic acid groups (broad SMARTS) is 1. The van der Waals surface area contributed by atoms with Gasteiger partial charge in [-0.3, -0.25) is 10.1 Å². The first-order chi connectivity index (χ1) is 11.4. The van der Waals surface area contributed by atoms with Crippen LogP contribution in [0.5, 0.6) is 5.75 Å². The highest BCUT2D eigenvalue weighted by molar-refractivity contribution is 5.61. The molecule has 0 aromatic heterocycles. The maximum absolute atomic E-state index is 12.8. The maximum atomic E-state index is 12.8. The largest absolute Gasteiger partial charge is 0.514 e. The summed E-state index contributed by atoms with van der Waals surface area (Å²) in [4.78, 5) is 20.8. The Bertz CT molecular complexity index is 738. The zero-order valence-electron chi connectivity index (χ0n) is 11.9. The van der Waals surface area contributed by atoms with E-state index in [2.05, 4.69) is 9.47 Å². The normalized spacial score (nSPS) is 12.0. The molecule has 126 valence electrons. The second-order valence-electron chi connectivity index (χ2n) is 4.52. The predicted molar refractivity (Wildman–Crippen MR) is 74.5 cm³/mol. The molecule has 0 N–H and O–H groups in total. The Labute approximate surface area is 134 Å². The third-order valence-electron chi connectivity index (χ3n) is 3.02. The summed E-state index contributed by atoms with van der Waals surface area (Å²) in [6.07, 6.45) is -3.41. The molecule has 0 aliphatic rings. The molecule has 24 heavy (non-hydrogen) atoms. The summed E-state index contributed by atoms with van der Waals surface area (Å²) in [6, 6.07) is 10.5. The predicted octanol–water partition coefficient (Wildman–Crippen LogP) is 2.65. The lowest BCUT2D eigenvalue weighted by Gasteiger charge is -2.22. The molecule has 0 radical (unpaired) electrons. The van der Waals surface area contributed by atoms with Gasteiger partial charge in [0.25, 0.3) is 11.8 Å². The van der Waals surface area contributed by atoms with Crippen LogP contribution in [-0.2, 0) is 4.74 Å². The third kappa shape index (κ3) is 4.23. The van der Waals surface area contributed by atoms with Crippen LogP contribution in [0.2, 0.25) is 0 Å². The molecule has 2 aromatic rings. The number of alkyl halides is 2. The number of ether oxygens (including phenoxy) is 2. The average Bonchev–Trinajstić information content (AvgIpc) is 2.53. The lowest BCUT2D eigenvalue weighted by Crippen LogP contribution is -2.27. The van der Waals surface area contributed by atoms with E-state index in [1.165, 1.54) is 12.1 Å². The number of hydrogen-bond acceptors (Lipinski definition) is 6. The number of nitro groups is 1. The van der Waals surface area contributed by atoms with Crippen LogP contribution in [0.4, 0.5) is 19.3 Å². The van der Waals surface area contributed by atoms with Crippen molar-refractivity contribution in [1.82, 2.24) is 0 Å². The van der Waals surface area contributed by atoms with Crippen molar-refractivity contribution in [2.45, 2.75) is 12.7 Å². The standard InChI is InChI=1S/C15H11F2NO6/c16-14(17)24-13(9-4-2-1-3-5-9)11-8-10(18(21)22)6-7-12(11)23-15(19)20/h1-8,13-14H,(H,19,20)/p-1. The topological polar surface area (TPSA) is 102 Å². The monoisotopic (exact) mass is 338 g/mol. The number of carbonyl (C=O) groups is 1. The molecule has 1 unspecified atom stereocenters. The van der Waals surface area contributed by atoms with Crippen molar-refractivity contribution in [3.05, 3.63) is 69.8 Å². The summed E-state index contributed by atoms with van der Waals surface area (Å²) in [5.74, 6) is -0.393. The van der Waals surface area contributed by atoms with E-state index >= 15 is 0 Å². The van der Waals surface area contributed by atoms with E-state index in [1.807, 2.05) is 0 Å². The Kier molecular flexibility index (Phi) is 5.38. The molecule has 0 fully saturated rings. The van der Waals surface area contributed by atoms with Gasteiger partial charge in [-0.25, -0.2) is 0 Å². The first-order valence-electron chi connectivity index (χ1n) is 6.54. The molecule has 0 aliphatic carbocycles. The van der Waals surface area contributed by atoms with Crippen LogP contribution in [0.3, 0.4) is 0 Å². The summed E-state index contributed by atoms with van der Waals surface area (Å²) in [7, 11) is 0. The van der Waals surface area contributed by atoms with Crippen molar-refractivity contribution < 1.29 is 33.1 Å². The fourth-order valence-electron chi connectivity index (χ4n) is 2.10. The highest BCUT2D eigenvalue weighted by atomic mass is 19.3. The molecule has 0 heterocycles. The fourth-order valence-corrected chi connectivity index (χ4v) is 2.10. The SMILES string of the molecule is O=C([O-])Oc1ccc([N+](=O)[O-])cc1C(OC(F)F)c1ccccc1. The highest BCUT2D eigenvalue weighted by Crippen LogP contribution is 2.36. The van der Waals surface area contributed by atoms with Crippen LogP contribution in [-0.4, -0.2) is 17.7 Å². The van der Waals surface area contributed by atoms with Crippen LogP contribution in [0.15, 0.2) is 48.5 Å². The molecule has 0 amide bonds. The van der Waals surface area contributed by atoms with Gasteiger partial charge in [0.1, 0.15) is 6.10 Å². The zero-order valence-corrected chi connectivity index (χ0v) is 11.9. The number of nitro benzene ring substituents is 1. The second kappa shape index (κ2) is 7.47. The molecule has 0 saturated heterocycles. The van der Waals surface area contributed by atoms with Gasteiger partial charge in [-0.05, 0) is 11.6 Å². The van der Waals surface area contributed by atoms with E-state index < -0.39 is 35.2 Å². The Morgan fingerprint density at radius 2 is 1.79 bits per heavy atom. The number of benzene rings is 2. The van der Waals surface area contributed by atoms with Gasteiger partial charge in [0.05, 0.1) is 10.7 Å². The van der Waals surface area contributed by atoms with Crippen molar-refractivity contribution in [2.75, 3.05) is 0 Å². The number of halogens is 2. The van der Waals surface area contributed by atoms with Gasteiger partial charge in [0.2, 0.25) is 0 Å². The molecule has 2 aromatic carbocycles. The van der Waals surface area contributed by atoms with Crippen molar-refractivity contribution >= 4 is 11.8 Å². The van der Waals surface area contributed by atoms with E-state index in [1.54, 1.807) is 18.2 Å². The van der Waals surface area contributed by atoms with Crippen LogP contribution in [0, 0.1) is 10.1 Å². The summed E-state index contributed by atoms with van der Waals surface area (Å²) < 4.78 is 34.5. The number of nitrogens with zero attached hydrogens (tertiary/aromatic N) is 1. The molecule has 0 spiro atoms. The van der Waals surface area contributed by atoms with Crippen molar-refractivity contribution in [3.63, 3.8) is 0 Å². The first-order valence-corrected chi connectivity index (χ1v) is 6.54. The molecule has 0 aliphatic heterocycles. The lowest BCUT2D eigenvalue weighted by molar-refractivity contribution is -0.385. The first kappa shape index (κ1) is 17.3. The number of hydrogen-bond donors (Lipinski definition) is 0. The second-order valence-corrected chi connectivity index (χ2v) is 4.52. The van der Waals surface area contributed by atoms with Crippen LogP contribution < -0.4 is 9.84 Å². The molecule has 1 atom stereocenters. The third-order valence-corrected chi connectivity index (χ3v) is 3.02. The van der Waals surface area contributed by atoms with E-state index in [0.29, 0.717) is 0 Å². The minimum atomic E-state index is -3.20. The van der Waals surface area contributed by atoms with Crippen LogP contribution in [0.1, 0.15) is 17.2 Å². The Morgan fingerprint density at radius 3 is 2.33 bits per heavy atom. The lowest BCUT2D eigenvalue weighted by atomic mass is 10.00. The summed E-state index contributed by atoms with van der Waals surface area (Å²) in [6.45, 7) is -3.20. The van der Waals surface area contributed by atoms with Gasteiger partial charge in [0, 0.05) is 17.7 Å². The van der Waals surface area contributed by atoms with Gasteiger partial charge < -0.3 is 19.4 Å². The minimum Gasteiger partial charge on any atom is -0.514 e. The average molecular weight is 338 g/mol. The molecule has 0 bridgehead atoms. The fraction of sp³-hybridized carbons (Fsp3) is 0.133. The quantitative estimate of drug-likeness (QED) is 0.347. The van der Waals surface area contributed by atoms with E-state index in [-0.39, 0.29) is 11.1 Å². The Balaban J connectivity index is 2.59. The maximum Gasteiger partial charge on any atom is 0.346 e. The zero-order chi connectivity index (χ0) is 17.7. The smallest absolute Gasteiger partial charge is 0.346 e. The molecule has 9 heteroatoms. The summed E-state index contributed by atoms with van der Waals surface area (Å²) in [5, 5.41) is 21.6. The highest BCUT2D eigenvalue weighted by Gasteiger charge is 2.24. The molecule has 2 rings (SSSR count). The van der Waals surface area contributed by atoms with Gasteiger partial charge in [0.15, 0.2) is 0 Å². The Morgan fingerprint density at radius 1 is 1.12 bits per heavy atom. The van der Waals surface area contributed by atoms with Crippen molar-refractivity contribution in [1.29, 1.82) is 0 Å². The number of carbonyl (C=O) groups excluding carboxylic acids is 1. The summed E-state index contributed by atoms with van der Waals surface area (Å²) >= 11 is 0. The molecular weight excluding hydrogens is 328 g/mol. The number of rotatable bonds is 6. The minimum absolute atomic E-state index is 0.236. The van der Waals surface area contributed by atoms with Crippen molar-refractivity contribution in [3.8, 4) is 5.75 Å². The van der Waals surface area contributed by atoms with Gasteiger partial charge in [-0.2, -0.15) is 8.78 Å². The van der Waals surface area contributed by atoms with Crippen LogP contribution >= 0.6 is 0 Å². The summed E-state index contributed by atoms with van der Waals surface area (Å²) in [5.41, 5.74) is -0.434. The van der Waals surface area contributed by atoms with E-state index in [9.17, 15) is 28.8 Å². The Hall–Kier alpha value is -3.07. The van der Waals surface area contributed by atoms with Crippen molar-refractivity contribution in [2.24, 2.45) is 0 Å².